The Labute approximate surface area is 117 Å². The van der Waals surface area contributed by atoms with Gasteiger partial charge in [0.2, 0.25) is 0 Å². The largest absolute Gasteiger partial charge is 0.493 e. The second kappa shape index (κ2) is 6.26. The van der Waals surface area contributed by atoms with E-state index in [1.807, 2.05) is 0 Å². The fraction of sp³-hybridized carbons (Fsp3) is 0.500. The van der Waals surface area contributed by atoms with E-state index < -0.39 is 12.0 Å². The molecule has 1 aliphatic carbocycles. The van der Waals surface area contributed by atoms with Gasteiger partial charge in [-0.05, 0) is 37.0 Å². The highest BCUT2D eigenvalue weighted by molar-refractivity contribution is 6.30. The monoisotopic (exact) mass is 283 g/mol. The third kappa shape index (κ3) is 3.85. The van der Waals surface area contributed by atoms with Crippen molar-refractivity contribution in [1.29, 1.82) is 0 Å². The minimum absolute atomic E-state index is 0.139. The van der Waals surface area contributed by atoms with Crippen LogP contribution in [0.25, 0.3) is 0 Å². The zero-order valence-corrected chi connectivity index (χ0v) is 11.4. The summed E-state index contributed by atoms with van der Waals surface area (Å²) in [5.74, 6) is 0.321. The first-order valence-electron chi connectivity index (χ1n) is 6.46. The van der Waals surface area contributed by atoms with Crippen LogP contribution in [0.15, 0.2) is 18.2 Å². The van der Waals surface area contributed by atoms with Crippen LogP contribution in [0.2, 0.25) is 5.02 Å². The Hall–Kier alpha value is -1.26. The van der Waals surface area contributed by atoms with Gasteiger partial charge in [-0.25, -0.2) is 0 Å². The molecule has 5 heteroatoms. The fourth-order valence-corrected chi connectivity index (χ4v) is 2.29. The third-order valence-corrected chi connectivity index (χ3v) is 3.70. The van der Waals surface area contributed by atoms with Crippen LogP contribution in [-0.4, -0.2) is 17.7 Å². The maximum Gasteiger partial charge on any atom is 0.305 e. The summed E-state index contributed by atoms with van der Waals surface area (Å²) in [7, 11) is 0. The van der Waals surface area contributed by atoms with E-state index in [4.69, 9.17) is 27.2 Å². The number of hydrogen-bond donors (Lipinski definition) is 2. The summed E-state index contributed by atoms with van der Waals surface area (Å²) in [5.41, 5.74) is 6.56. The molecule has 19 heavy (non-hydrogen) atoms. The zero-order valence-electron chi connectivity index (χ0n) is 10.6. The molecule has 1 aromatic carbocycles. The van der Waals surface area contributed by atoms with Gasteiger partial charge >= 0.3 is 5.97 Å². The quantitative estimate of drug-likeness (QED) is 0.842. The number of carboxylic acids is 1. The van der Waals surface area contributed by atoms with E-state index in [9.17, 15) is 4.79 Å². The van der Waals surface area contributed by atoms with Crippen LogP contribution >= 0.6 is 11.6 Å². The Kier molecular flexibility index (Phi) is 4.66. The van der Waals surface area contributed by atoms with E-state index >= 15 is 0 Å². The van der Waals surface area contributed by atoms with Gasteiger partial charge in [0.25, 0.3) is 0 Å². The lowest BCUT2D eigenvalue weighted by Gasteiger charge is -2.26. The maximum absolute atomic E-state index is 10.7. The molecule has 0 aromatic heterocycles. The van der Waals surface area contributed by atoms with Crippen LogP contribution < -0.4 is 10.5 Å². The molecule has 2 rings (SSSR count). The van der Waals surface area contributed by atoms with Crippen molar-refractivity contribution < 1.29 is 14.6 Å². The first-order valence-corrected chi connectivity index (χ1v) is 6.83. The molecule has 0 saturated heterocycles. The Morgan fingerprint density at radius 1 is 1.53 bits per heavy atom. The van der Waals surface area contributed by atoms with E-state index in [0.29, 0.717) is 28.9 Å². The Balaban J connectivity index is 2.09. The highest BCUT2D eigenvalue weighted by Crippen LogP contribution is 2.32. The van der Waals surface area contributed by atoms with Gasteiger partial charge in [-0.2, -0.15) is 0 Å². The normalized spacial score (nSPS) is 16.7. The molecule has 0 spiro atoms. The van der Waals surface area contributed by atoms with Crippen molar-refractivity contribution in [1.82, 2.24) is 0 Å². The van der Waals surface area contributed by atoms with Crippen LogP contribution in [0.3, 0.4) is 0 Å². The minimum Gasteiger partial charge on any atom is -0.493 e. The number of carbonyl (C=O) groups is 1. The second-order valence-electron chi connectivity index (χ2n) is 4.99. The molecule has 1 aliphatic rings. The maximum atomic E-state index is 10.7. The SMILES string of the molecule is NC(CC(=O)O)c1cc(Cl)ccc1OCC1CCC1. The van der Waals surface area contributed by atoms with Gasteiger partial charge in [-0.3, -0.25) is 4.79 Å². The number of nitrogens with two attached hydrogens (primary N) is 1. The lowest BCUT2D eigenvalue weighted by Crippen LogP contribution is -2.21. The number of benzene rings is 1. The molecule has 4 nitrogen and oxygen atoms in total. The summed E-state index contributed by atoms with van der Waals surface area (Å²) < 4.78 is 5.77. The zero-order chi connectivity index (χ0) is 13.8. The molecular formula is C14H18ClNO3. The smallest absolute Gasteiger partial charge is 0.305 e. The molecule has 1 aromatic rings. The van der Waals surface area contributed by atoms with Crippen molar-refractivity contribution >= 4 is 17.6 Å². The van der Waals surface area contributed by atoms with Crippen molar-refractivity contribution in [2.75, 3.05) is 6.61 Å². The van der Waals surface area contributed by atoms with Gasteiger partial charge in [0.05, 0.1) is 13.0 Å². The number of rotatable bonds is 6. The second-order valence-corrected chi connectivity index (χ2v) is 5.43. The molecule has 1 saturated carbocycles. The van der Waals surface area contributed by atoms with Crippen LogP contribution in [-0.2, 0) is 4.79 Å². The first-order chi connectivity index (χ1) is 9.06. The molecule has 0 heterocycles. The summed E-state index contributed by atoms with van der Waals surface area (Å²) in [6.07, 6.45) is 3.52. The fourth-order valence-electron chi connectivity index (χ4n) is 2.11. The summed E-state index contributed by atoms with van der Waals surface area (Å²) in [5, 5.41) is 9.35. The van der Waals surface area contributed by atoms with E-state index in [1.54, 1.807) is 18.2 Å². The molecule has 1 unspecified atom stereocenters. The minimum atomic E-state index is -0.933. The van der Waals surface area contributed by atoms with Gasteiger partial charge in [0.1, 0.15) is 5.75 Å². The van der Waals surface area contributed by atoms with E-state index in [2.05, 4.69) is 0 Å². The highest BCUT2D eigenvalue weighted by Gasteiger charge is 2.20. The van der Waals surface area contributed by atoms with E-state index in [0.717, 1.165) is 0 Å². The van der Waals surface area contributed by atoms with Crippen molar-refractivity contribution in [2.24, 2.45) is 11.7 Å². The van der Waals surface area contributed by atoms with E-state index in [-0.39, 0.29) is 6.42 Å². The van der Waals surface area contributed by atoms with Gasteiger partial charge in [0, 0.05) is 16.6 Å². The molecule has 104 valence electrons. The van der Waals surface area contributed by atoms with Crippen molar-refractivity contribution in [3.8, 4) is 5.75 Å². The van der Waals surface area contributed by atoms with Gasteiger partial charge in [-0.1, -0.05) is 18.0 Å². The number of hydrogen-bond acceptors (Lipinski definition) is 3. The highest BCUT2D eigenvalue weighted by atomic mass is 35.5. The van der Waals surface area contributed by atoms with Crippen LogP contribution in [0.1, 0.15) is 37.3 Å². The van der Waals surface area contributed by atoms with Crippen molar-refractivity contribution in [3.05, 3.63) is 28.8 Å². The van der Waals surface area contributed by atoms with Crippen LogP contribution in [0, 0.1) is 5.92 Å². The number of aliphatic carboxylic acids is 1. The molecule has 1 atom stereocenters. The van der Waals surface area contributed by atoms with E-state index in [1.165, 1.54) is 19.3 Å². The van der Waals surface area contributed by atoms with Crippen molar-refractivity contribution in [3.63, 3.8) is 0 Å². The number of halogens is 1. The first kappa shape index (κ1) is 14.2. The lowest BCUT2D eigenvalue weighted by molar-refractivity contribution is -0.137. The molecule has 0 amide bonds. The summed E-state index contributed by atoms with van der Waals surface area (Å²) in [4.78, 5) is 10.7. The predicted molar refractivity (Wildman–Crippen MR) is 73.5 cm³/mol. The number of ether oxygens (including phenoxy) is 1. The molecular weight excluding hydrogens is 266 g/mol. The molecule has 3 N–H and O–H groups in total. The Bertz CT molecular complexity index is 460. The van der Waals surface area contributed by atoms with Gasteiger partial charge in [-0.15, -0.1) is 0 Å². The van der Waals surface area contributed by atoms with Crippen LogP contribution in [0.4, 0.5) is 0 Å². The standard InChI is InChI=1S/C14H18ClNO3/c15-10-4-5-13(19-8-9-2-1-3-9)11(6-10)12(16)7-14(17)18/h4-6,9,12H,1-3,7-8,16H2,(H,17,18). The Morgan fingerprint density at radius 3 is 2.84 bits per heavy atom. The Morgan fingerprint density at radius 2 is 2.26 bits per heavy atom. The van der Waals surface area contributed by atoms with Crippen molar-refractivity contribution in [2.45, 2.75) is 31.7 Å². The average molecular weight is 284 g/mol. The molecule has 1 fully saturated rings. The summed E-state index contributed by atoms with van der Waals surface area (Å²) >= 11 is 5.94. The van der Waals surface area contributed by atoms with Crippen LogP contribution in [0.5, 0.6) is 5.75 Å². The average Bonchev–Trinajstić information content (AvgIpc) is 2.27. The molecule has 0 radical (unpaired) electrons. The van der Waals surface area contributed by atoms with Gasteiger partial charge in [0.15, 0.2) is 0 Å². The lowest BCUT2D eigenvalue weighted by atomic mass is 9.86. The topological polar surface area (TPSA) is 72.6 Å². The predicted octanol–water partition coefficient (Wildman–Crippen LogP) is 2.99. The molecule has 0 aliphatic heterocycles. The molecule has 0 bridgehead atoms. The summed E-state index contributed by atoms with van der Waals surface area (Å²) in [6.45, 7) is 0.661. The van der Waals surface area contributed by atoms with Gasteiger partial charge < -0.3 is 15.6 Å². The number of carboxylic acid groups (broad SMARTS) is 1. The third-order valence-electron chi connectivity index (χ3n) is 3.47. The summed E-state index contributed by atoms with van der Waals surface area (Å²) in [6, 6.07) is 4.57.